The van der Waals surface area contributed by atoms with Crippen LogP contribution in [-0.2, 0) is 0 Å². The molecular weight excluding hydrogens is 265 g/mol. The van der Waals surface area contributed by atoms with Gasteiger partial charge >= 0.3 is 0 Å². The van der Waals surface area contributed by atoms with Crippen LogP contribution >= 0.6 is 11.6 Å². The summed E-state index contributed by atoms with van der Waals surface area (Å²) in [5.74, 6) is 0. The monoisotopic (exact) mass is 281 g/mol. The second kappa shape index (κ2) is 7.10. The molecule has 2 aromatic rings. The lowest BCUT2D eigenvalue weighted by Gasteiger charge is -2.00. The first-order valence-electron chi connectivity index (χ1n) is 6.57. The lowest BCUT2D eigenvalue weighted by Crippen LogP contribution is -1.78. The van der Waals surface area contributed by atoms with Gasteiger partial charge in [-0.25, -0.2) is 0 Å². The van der Waals surface area contributed by atoms with Crippen molar-refractivity contribution in [2.45, 2.75) is 18.6 Å². The van der Waals surface area contributed by atoms with E-state index in [9.17, 15) is 4.91 Å². The Morgan fingerprint density at radius 1 is 1.05 bits per heavy atom. The van der Waals surface area contributed by atoms with E-state index in [4.69, 9.17) is 0 Å². The number of hydrogen-bond acceptors (Lipinski definition) is 3. The molecule has 0 heterocycles. The van der Waals surface area contributed by atoms with E-state index in [1.165, 1.54) is 4.90 Å². The Labute approximate surface area is 124 Å². The van der Waals surface area contributed by atoms with Gasteiger partial charge in [0.2, 0.25) is 0 Å². The van der Waals surface area contributed by atoms with Gasteiger partial charge in [0.05, 0.1) is 0 Å². The van der Waals surface area contributed by atoms with Crippen LogP contribution < -0.4 is 0 Å². The number of hydrogen-bond donors (Lipinski definition) is 0. The molecule has 0 radical (unpaired) electrons. The van der Waals surface area contributed by atoms with E-state index in [-0.39, 0.29) is 0 Å². The average Bonchev–Trinajstić information content (AvgIpc) is 2.46. The highest BCUT2D eigenvalue weighted by Crippen LogP contribution is 2.20. The molecule has 100 valence electrons. The fourth-order valence-electron chi connectivity index (χ4n) is 1.98. The maximum absolute atomic E-state index is 10.6. The Kier molecular flexibility index (Phi) is 5.19. The van der Waals surface area contributed by atoms with E-state index in [0.29, 0.717) is 5.69 Å². The molecule has 0 saturated heterocycles. The summed E-state index contributed by atoms with van der Waals surface area (Å²) in [5, 5.41) is 2.99. The van der Waals surface area contributed by atoms with Gasteiger partial charge in [0.25, 0.3) is 0 Å². The summed E-state index contributed by atoms with van der Waals surface area (Å²) >= 11 is 1.83. The molecule has 0 amide bonds. The summed E-state index contributed by atoms with van der Waals surface area (Å²) < 4.78 is 0. The zero-order valence-corrected chi connectivity index (χ0v) is 12.5. The minimum atomic E-state index is 0.472. The third-order valence-electron chi connectivity index (χ3n) is 2.85. The third-order valence-corrected chi connectivity index (χ3v) is 3.74. The second-order valence-corrected chi connectivity index (χ2v) is 5.87. The Hall–Kier alpha value is -1.81. The zero-order valence-electron chi connectivity index (χ0n) is 11.7. The Morgan fingerprint density at radius 3 is 2.40 bits per heavy atom. The van der Waals surface area contributed by atoms with Gasteiger partial charge in [0, 0.05) is 0 Å². The summed E-state index contributed by atoms with van der Waals surface area (Å²) in [5.41, 5.74) is 3.65. The molecular formula is C16H16BNOS. The van der Waals surface area contributed by atoms with Crippen LogP contribution in [0, 0.1) is 11.8 Å². The van der Waals surface area contributed by atoms with Crippen molar-refractivity contribution in [3.8, 4) is 0 Å². The topological polar surface area (TPSA) is 29.4 Å². The van der Waals surface area contributed by atoms with Crippen LogP contribution in [-0.4, -0.2) is 6.56 Å². The van der Waals surface area contributed by atoms with Gasteiger partial charge in [-0.05, 0) is 58.0 Å². The average molecular weight is 281 g/mol. The smallest absolute Gasteiger partial charge is 0.181 e. The molecule has 0 spiro atoms. The SMILES string of the molecule is CBSc1ccc(/C=C/c2cc(C)cc(N=O)c2)cc1. The van der Waals surface area contributed by atoms with Gasteiger partial charge in [-0.3, -0.25) is 0 Å². The largest absolute Gasteiger partial charge is 0.195 e. The molecule has 2 aromatic carbocycles. The van der Waals surface area contributed by atoms with E-state index in [1.807, 2.05) is 36.8 Å². The van der Waals surface area contributed by atoms with Crippen LogP contribution in [0.2, 0.25) is 6.82 Å². The van der Waals surface area contributed by atoms with Gasteiger partial charge in [0.1, 0.15) is 5.69 Å². The highest BCUT2D eigenvalue weighted by molar-refractivity contribution is 8.22. The van der Waals surface area contributed by atoms with Gasteiger partial charge in [0.15, 0.2) is 6.56 Å². The zero-order chi connectivity index (χ0) is 14.4. The summed E-state index contributed by atoms with van der Waals surface area (Å²) in [6, 6.07) is 14.1. The number of benzene rings is 2. The molecule has 0 N–H and O–H groups in total. The first kappa shape index (κ1) is 14.6. The van der Waals surface area contributed by atoms with Crippen molar-refractivity contribution in [1.82, 2.24) is 0 Å². The van der Waals surface area contributed by atoms with Gasteiger partial charge in [-0.2, -0.15) is 11.6 Å². The lowest BCUT2D eigenvalue weighted by atomic mass is 10.1. The minimum absolute atomic E-state index is 0.472. The fraction of sp³-hybridized carbons (Fsp3) is 0.125. The third kappa shape index (κ3) is 4.10. The number of nitrogens with zero attached hydrogens (tertiary/aromatic N) is 1. The highest BCUT2D eigenvalue weighted by Gasteiger charge is 1.96. The maximum atomic E-state index is 10.6. The van der Waals surface area contributed by atoms with Gasteiger partial charge in [-0.15, -0.1) is 4.91 Å². The van der Waals surface area contributed by atoms with E-state index in [2.05, 4.69) is 36.3 Å². The first-order valence-corrected chi connectivity index (χ1v) is 7.56. The van der Waals surface area contributed by atoms with Crippen molar-refractivity contribution in [1.29, 1.82) is 0 Å². The molecule has 0 bridgehead atoms. The molecule has 2 nitrogen and oxygen atoms in total. The Balaban J connectivity index is 2.16. The van der Waals surface area contributed by atoms with Crippen LogP contribution in [0.5, 0.6) is 0 Å². The molecule has 2 rings (SSSR count). The predicted molar refractivity (Wildman–Crippen MR) is 90.9 cm³/mol. The predicted octanol–water partition coefficient (Wildman–Crippen LogP) is 5.06. The van der Waals surface area contributed by atoms with Crippen molar-refractivity contribution in [3.05, 3.63) is 64.1 Å². The Bertz CT molecular complexity index is 623. The Morgan fingerprint density at radius 2 is 1.75 bits per heavy atom. The quantitative estimate of drug-likeness (QED) is 0.435. The molecule has 0 aliphatic carbocycles. The van der Waals surface area contributed by atoms with Crippen molar-refractivity contribution in [2.24, 2.45) is 5.18 Å². The minimum Gasteiger partial charge on any atom is -0.181 e. The van der Waals surface area contributed by atoms with Gasteiger partial charge in [-0.1, -0.05) is 37.2 Å². The number of rotatable bonds is 5. The maximum Gasteiger partial charge on any atom is 0.195 e. The summed E-state index contributed by atoms with van der Waals surface area (Å²) in [6.07, 6.45) is 4.05. The molecule has 0 unspecified atom stereocenters. The number of nitroso groups, excluding NO2 is 1. The van der Waals surface area contributed by atoms with Crippen molar-refractivity contribution >= 4 is 36.0 Å². The molecule has 0 aliphatic heterocycles. The fourth-order valence-corrected chi connectivity index (χ4v) is 2.64. The summed E-state index contributed by atoms with van der Waals surface area (Å²) in [4.78, 5) is 11.9. The van der Waals surface area contributed by atoms with Crippen LogP contribution in [0.15, 0.2) is 52.5 Å². The summed E-state index contributed by atoms with van der Waals surface area (Å²) in [7, 11) is 0. The standard InChI is InChI=1S/C16H16BNOS/c1-12-9-14(11-15(10-12)18-19)4-3-13-5-7-16(8-6-13)20-17-2/h3-11,17H,1-2H3/b4-3+. The van der Waals surface area contributed by atoms with E-state index < -0.39 is 0 Å². The molecule has 0 atom stereocenters. The normalized spacial score (nSPS) is 10.7. The van der Waals surface area contributed by atoms with Crippen molar-refractivity contribution < 1.29 is 0 Å². The van der Waals surface area contributed by atoms with Crippen molar-refractivity contribution in [2.75, 3.05) is 0 Å². The summed E-state index contributed by atoms with van der Waals surface area (Å²) in [6.45, 7) is 5.19. The lowest BCUT2D eigenvalue weighted by molar-refractivity contribution is 1.40. The molecule has 0 saturated carbocycles. The van der Waals surface area contributed by atoms with Crippen molar-refractivity contribution in [3.63, 3.8) is 0 Å². The second-order valence-electron chi connectivity index (χ2n) is 4.53. The van der Waals surface area contributed by atoms with Crippen LogP contribution in [0.4, 0.5) is 5.69 Å². The van der Waals surface area contributed by atoms with Gasteiger partial charge < -0.3 is 0 Å². The van der Waals surface area contributed by atoms with E-state index in [0.717, 1.165) is 23.2 Å². The van der Waals surface area contributed by atoms with E-state index >= 15 is 0 Å². The molecule has 0 aliphatic rings. The molecule has 0 fully saturated rings. The first-order chi connectivity index (χ1) is 9.71. The van der Waals surface area contributed by atoms with E-state index in [1.54, 1.807) is 12.1 Å². The molecule has 0 aromatic heterocycles. The van der Waals surface area contributed by atoms with Crippen LogP contribution in [0.3, 0.4) is 0 Å². The molecule has 4 heteroatoms. The van der Waals surface area contributed by atoms with Crippen LogP contribution in [0.25, 0.3) is 12.2 Å². The number of aryl methyl sites for hydroxylation is 1. The molecule has 20 heavy (non-hydrogen) atoms. The highest BCUT2D eigenvalue weighted by atomic mass is 32.2. The van der Waals surface area contributed by atoms with Crippen LogP contribution in [0.1, 0.15) is 16.7 Å².